The number of nitrogens with two attached hydrogens (primary N) is 1. The summed E-state index contributed by atoms with van der Waals surface area (Å²) >= 11 is 0. The molecule has 0 spiro atoms. The number of fused-ring (bicyclic) bond motifs is 8. The third-order valence-electron chi connectivity index (χ3n) is 10.8. The standard InChI is InChI=1S/C41H54N6O5/c1-11-26-22(3)30-19-32-24(5)28(15-16-37(48)50-9)40(45-32)29(18-38(49)51-10)41-39(36(52-42)14-13-17-47(7)8)25(6)33(46-41)21-35-27(12-2)23(4)31(44-35)20-34(26)43-30/h11,19-21,24,28,36,43,46H,1,12-18,42H2,2-10H3/t24-,28-,36?/m0/s1. The van der Waals surface area contributed by atoms with E-state index in [-0.39, 0.29) is 30.6 Å². The zero-order valence-corrected chi connectivity index (χ0v) is 32.2. The number of methoxy groups -OCH3 is 2. The van der Waals surface area contributed by atoms with Crippen LogP contribution >= 0.6 is 0 Å². The van der Waals surface area contributed by atoms with Gasteiger partial charge in [0.25, 0.3) is 0 Å². The van der Waals surface area contributed by atoms with E-state index in [0.29, 0.717) is 18.4 Å². The van der Waals surface area contributed by atoms with Gasteiger partial charge in [-0.05, 0) is 108 Å². The van der Waals surface area contributed by atoms with Crippen LogP contribution in [-0.4, -0.2) is 71.6 Å². The lowest BCUT2D eigenvalue weighted by atomic mass is 9.84. The van der Waals surface area contributed by atoms with Crippen LogP contribution in [0, 0.1) is 13.8 Å². The normalized spacial score (nSPS) is 16.4. The quantitative estimate of drug-likeness (QED) is 0.120. The van der Waals surface area contributed by atoms with Crippen molar-refractivity contribution in [1.82, 2.24) is 24.8 Å². The van der Waals surface area contributed by atoms with Crippen LogP contribution < -0.4 is 5.90 Å². The molecule has 0 saturated heterocycles. The second-order valence-corrected chi connectivity index (χ2v) is 14.2. The minimum Gasteiger partial charge on any atom is -0.469 e. The number of hydrogen-bond donors (Lipinski definition) is 3. The summed E-state index contributed by atoms with van der Waals surface area (Å²) in [7, 11) is 6.86. The number of carbonyl (C=O) groups excluding carboxylic acids is 2. The van der Waals surface area contributed by atoms with E-state index in [0.717, 1.165) is 97.6 Å². The molecule has 0 aromatic carbocycles. The van der Waals surface area contributed by atoms with Crippen LogP contribution in [0.15, 0.2) is 24.8 Å². The van der Waals surface area contributed by atoms with Gasteiger partial charge in [0.15, 0.2) is 0 Å². The average Bonchev–Trinajstić information content (AvgIpc) is 3.80. The molecular weight excluding hydrogens is 656 g/mol. The number of rotatable bonds is 13. The molecule has 52 heavy (non-hydrogen) atoms. The molecule has 5 rings (SSSR count). The summed E-state index contributed by atoms with van der Waals surface area (Å²) in [5, 5.41) is 0. The smallest absolute Gasteiger partial charge is 0.310 e. The van der Waals surface area contributed by atoms with Crippen molar-refractivity contribution in [3.05, 3.63) is 75.4 Å². The Morgan fingerprint density at radius 1 is 1.00 bits per heavy atom. The summed E-state index contributed by atoms with van der Waals surface area (Å²) in [5.41, 5.74) is 13.5. The third kappa shape index (κ3) is 7.62. The molecule has 4 N–H and O–H groups in total. The molecule has 2 aliphatic rings. The maximum Gasteiger partial charge on any atom is 0.310 e. The molecule has 0 radical (unpaired) electrons. The molecule has 3 aromatic rings. The van der Waals surface area contributed by atoms with Crippen LogP contribution in [0.5, 0.6) is 0 Å². The minimum absolute atomic E-state index is 0.0508. The zero-order chi connectivity index (χ0) is 37.9. The second-order valence-electron chi connectivity index (χ2n) is 14.2. The van der Waals surface area contributed by atoms with Crippen LogP contribution in [0.1, 0.15) is 121 Å². The summed E-state index contributed by atoms with van der Waals surface area (Å²) in [4.78, 5) is 51.6. The van der Waals surface area contributed by atoms with E-state index in [1.165, 1.54) is 14.2 Å². The molecule has 2 aliphatic heterocycles. The molecule has 0 aliphatic carbocycles. The van der Waals surface area contributed by atoms with Crippen molar-refractivity contribution < 1.29 is 23.9 Å². The van der Waals surface area contributed by atoms with E-state index in [1.54, 1.807) is 0 Å². The summed E-state index contributed by atoms with van der Waals surface area (Å²) < 4.78 is 10.3. The maximum absolute atomic E-state index is 13.3. The fourth-order valence-corrected chi connectivity index (χ4v) is 7.72. The topological polar surface area (TPSA) is 148 Å². The van der Waals surface area contributed by atoms with Gasteiger partial charge in [-0.3, -0.25) is 19.4 Å². The van der Waals surface area contributed by atoms with Crippen molar-refractivity contribution in [3.8, 4) is 0 Å². The highest BCUT2D eigenvalue weighted by atomic mass is 16.6. The van der Waals surface area contributed by atoms with Crippen molar-refractivity contribution in [2.75, 3.05) is 34.9 Å². The minimum atomic E-state index is -0.480. The number of nitrogens with one attached hydrogen (secondary N) is 2. The van der Waals surface area contributed by atoms with Crippen molar-refractivity contribution in [2.24, 2.45) is 5.90 Å². The number of aromatic nitrogens is 4. The van der Waals surface area contributed by atoms with E-state index >= 15 is 0 Å². The number of nitrogens with zero attached hydrogens (tertiary/aromatic N) is 3. The Hall–Kier alpha value is -4.58. The molecule has 278 valence electrons. The Labute approximate surface area is 306 Å². The van der Waals surface area contributed by atoms with Crippen LogP contribution in [0.4, 0.5) is 0 Å². The zero-order valence-electron chi connectivity index (χ0n) is 32.2. The van der Waals surface area contributed by atoms with E-state index in [4.69, 9.17) is 30.2 Å². The van der Waals surface area contributed by atoms with Crippen LogP contribution in [0.25, 0.3) is 39.3 Å². The van der Waals surface area contributed by atoms with E-state index in [9.17, 15) is 9.59 Å². The van der Waals surface area contributed by atoms with E-state index in [1.807, 2.05) is 20.2 Å². The molecular formula is C41H54N6O5. The first-order chi connectivity index (χ1) is 24.9. The summed E-state index contributed by atoms with van der Waals surface area (Å²) in [6, 6.07) is 6.25. The van der Waals surface area contributed by atoms with Crippen molar-refractivity contribution in [2.45, 2.75) is 91.1 Å². The number of esters is 2. The number of ether oxygens (including phenoxy) is 2. The Kier molecular flexibility index (Phi) is 12.2. The number of carbonyl (C=O) groups is 2. The first-order valence-corrected chi connectivity index (χ1v) is 18.1. The number of aryl methyl sites for hydroxylation is 2. The molecule has 11 nitrogen and oxygen atoms in total. The first-order valence-electron chi connectivity index (χ1n) is 18.1. The third-order valence-corrected chi connectivity index (χ3v) is 10.8. The summed E-state index contributed by atoms with van der Waals surface area (Å²) in [5.74, 6) is 5.09. The lowest BCUT2D eigenvalue weighted by molar-refractivity contribution is -0.141. The molecule has 8 bridgehead atoms. The highest BCUT2D eigenvalue weighted by Crippen LogP contribution is 2.44. The predicted octanol–water partition coefficient (Wildman–Crippen LogP) is 7.74. The second kappa shape index (κ2) is 16.4. The van der Waals surface area contributed by atoms with Gasteiger partial charge in [0.05, 0.1) is 43.2 Å². The fourth-order valence-electron chi connectivity index (χ4n) is 7.72. The lowest BCUT2D eigenvalue weighted by Gasteiger charge is -2.20. The van der Waals surface area contributed by atoms with Gasteiger partial charge >= 0.3 is 11.9 Å². The largest absolute Gasteiger partial charge is 0.469 e. The highest BCUT2D eigenvalue weighted by molar-refractivity contribution is 5.93. The Balaban J connectivity index is 2.00. The number of allylic oxidation sites excluding steroid dienone is 2. The Morgan fingerprint density at radius 3 is 2.33 bits per heavy atom. The van der Waals surface area contributed by atoms with Crippen LogP contribution in [0.2, 0.25) is 0 Å². The highest BCUT2D eigenvalue weighted by Gasteiger charge is 2.34. The fraction of sp³-hybridized carbons (Fsp3) is 0.463. The van der Waals surface area contributed by atoms with E-state index < -0.39 is 12.1 Å². The summed E-state index contributed by atoms with van der Waals surface area (Å²) in [6.07, 6.45) is 4.29. The first kappa shape index (κ1) is 38.6. The van der Waals surface area contributed by atoms with Gasteiger partial charge in [-0.1, -0.05) is 26.5 Å². The van der Waals surface area contributed by atoms with Crippen molar-refractivity contribution >= 4 is 51.2 Å². The number of hydrogen-bond acceptors (Lipinski definition) is 9. The molecule has 5 heterocycles. The number of H-pyrrole nitrogens is 2. The molecule has 11 heteroatoms. The molecule has 0 saturated carbocycles. The van der Waals surface area contributed by atoms with E-state index in [2.05, 4.69) is 74.3 Å². The van der Waals surface area contributed by atoms with Gasteiger partial charge in [-0.2, -0.15) is 0 Å². The Morgan fingerprint density at radius 2 is 1.69 bits per heavy atom. The maximum atomic E-state index is 13.3. The molecule has 0 amide bonds. The molecule has 0 fully saturated rings. The van der Waals surface area contributed by atoms with Gasteiger partial charge in [0.2, 0.25) is 0 Å². The van der Waals surface area contributed by atoms with Gasteiger partial charge < -0.3 is 24.3 Å². The van der Waals surface area contributed by atoms with Crippen molar-refractivity contribution in [1.29, 1.82) is 0 Å². The lowest BCUT2D eigenvalue weighted by Crippen LogP contribution is -2.17. The number of aromatic amines is 2. The van der Waals surface area contributed by atoms with Gasteiger partial charge in [0.1, 0.15) is 6.10 Å². The summed E-state index contributed by atoms with van der Waals surface area (Å²) in [6.45, 7) is 15.5. The van der Waals surface area contributed by atoms with Crippen LogP contribution in [-0.2, 0) is 30.3 Å². The van der Waals surface area contributed by atoms with Gasteiger partial charge in [-0.25, -0.2) is 10.9 Å². The predicted molar refractivity (Wildman–Crippen MR) is 207 cm³/mol. The average molecular weight is 711 g/mol. The Bertz CT molecular complexity index is 2060. The molecule has 3 aromatic heterocycles. The van der Waals surface area contributed by atoms with Gasteiger partial charge in [-0.15, -0.1) is 0 Å². The molecule has 3 atom stereocenters. The molecule has 1 unspecified atom stereocenters. The van der Waals surface area contributed by atoms with Gasteiger partial charge in [0, 0.05) is 57.2 Å². The van der Waals surface area contributed by atoms with Crippen molar-refractivity contribution in [3.63, 3.8) is 0 Å². The SMILES string of the molecule is C=Cc1c(C)c2cc3nc(c(CC(=O)OC)c4[nH]c(cc5nc(cc1[nH]2)C(C)=C5CC)c(C)c4C(CCCN(C)C)ON)[C@@H](CCC(=O)OC)[C@@H]3C. The van der Waals surface area contributed by atoms with Crippen LogP contribution in [0.3, 0.4) is 0 Å². The monoisotopic (exact) mass is 710 g/mol.